The first kappa shape index (κ1) is 23.3. The Hall–Kier alpha value is -1.87. The van der Waals surface area contributed by atoms with Gasteiger partial charge in [-0.15, -0.1) is 0 Å². The summed E-state index contributed by atoms with van der Waals surface area (Å²) in [6, 6.07) is 2.34. The van der Waals surface area contributed by atoms with Crippen LogP contribution in [0.15, 0.2) is 16.9 Å². The number of nitrogens with zero attached hydrogens (tertiary/aromatic N) is 2. The van der Waals surface area contributed by atoms with Crippen LogP contribution >= 0.6 is 0 Å². The minimum atomic E-state index is -4.58. The molecule has 9 heteroatoms. The summed E-state index contributed by atoms with van der Waals surface area (Å²) in [5.74, 6) is 0.387. The van der Waals surface area contributed by atoms with Crippen molar-refractivity contribution in [2.45, 2.75) is 76.8 Å². The number of nitrogens with one attached hydrogen (secondary N) is 1. The van der Waals surface area contributed by atoms with Crippen molar-refractivity contribution in [3.8, 4) is 0 Å². The van der Waals surface area contributed by atoms with E-state index in [2.05, 4.69) is 12.2 Å². The molecule has 0 aromatic carbocycles. The summed E-state index contributed by atoms with van der Waals surface area (Å²) >= 11 is 0. The molecule has 0 bridgehead atoms. The van der Waals surface area contributed by atoms with Gasteiger partial charge < -0.3 is 19.5 Å². The van der Waals surface area contributed by atoms with Crippen molar-refractivity contribution in [1.29, 1.82) is 0 Å². The van der Waals surface area contributed by atoms with Gasteiger partial charge in [-0.3, -0.25) is 9.59 Å². The lowest BCUT2D eigenvalue weighted by atomic mass is 9.92. The van der Waals surface area contributed by atoms with Crippen molar-refractivity contribution in [3.05, 3.63) is 33.7 Å². The van der Waals surface area contributed by atoms with E-state index in [0.717, 1.165) is 57.8 Å². The van der Waals surface area contributed by atoms with Gasteiger partial charge in [-0.1, -0.05) is 6.92 Å². The van der Waals surface area contributed by atoms with E-state index >= 15 is 0 Å². The van der Waals surface area contributed by atoms with Crippen molar-refractivity contribution in [2.24, 2.45) is 11.8 Å². The maximum absolute atomic E-state index is 13.2. The van der Waals surface area contributed by atoms with E-state index in [0.29, 0.717) is 24.6 Å². The standard InChI is InChI=1S/C23H32F3N3O3/c1-15-6-10-32-9-2-3-20(15)27-18-5-4-16(11-18)22(31)28-7-8-29-19(14-28)12-17(13-21(29)30)23(24,25)26/h12-13,15-16,18,20,27H,2-11,14H2,1H3/t15-,16+,18-,20+/m1/s1. The van der Waals surface area contributed by atoms with Crippen LogP contribution in [0.2, 0.25) is 0 Å². The zero-order valence-corrected chi connectivity index (χ0v) is 18.5. The lowest BCUT2D eigenvalue weighted by molar-refractivity contribution is -0.138. The van der Waals surface area contributed by atoms with Crippen molar-refractivity contribution in [3.63, 3.8) is 0 Å². The van der Waals surface area contributed by atoms with Gasteiger partial charge in [-0.2, -0.15) is 13.2 Å². The minimum absolute atomic E-state index is 0.00970. The molecule has 1 aromatic rings. The molecule has 1 aliphatic carbocycles. The highest BCUT2D eigenvalue weighted by atomic mass is 19.4. The molecule has 4 atom stereocenters. The average molecular weight is 456 g/mol. The number of halogens is 3. The Morgan fingerprint density at radius 2 is 1.94 bits per heavy atom. The van der Waals surface area contributed by atoms with E-state index in [1.165, 1.54) is 4.57 Å². The van der Waals surface area contributed by atoms with Crippen molar-refractivity contribution < 1.29 is 22.7 Å². The molecule has 1 aromatic heterocycles. The van der Waals surface area contributed by atoms with Crippen molar-refractivity contribution in [2.75, 3.05) is 19.8 Å². The number of hydrogen-bond donors (Lipinski definition) is 1. The van der Waals surface area contributed by atoms with Gasteiger partial charge in [0.15, 0.2) is 0 Å². The van der Waals surface area contributed by atoms with E-state index in [1.54, 1.807) is 4.90 Å². The summed E-state index contributed by atoms with van der Waals surface area (Å²) in [7, 11) is 0. The maximum atomic E-state index is 13.2. The summed E-state index contributed by atoms with van der Waals surface area (Å²) in [4.78, 5) is 26.9. The van der Waals surface area contributed by atoms with Crippen LogP contribution in [0.1, 0.15) is 56.7 Å². The van der Waals surface area contributed by atoms with Crippen LogP contribution in [-0.2, 0) is 28.8 Å². The quantitative estimate of drug-likeness (QED) is 0.761. The van der Waals surface area contributed by atoms with Gasteiger partial charge in [-0.25, -0.2) is 0 Å². The lowest BCUT2D eigenvalue weighted by Crippen LogP contribution is -2.45. The second-order valence-corrected chi connectivity index (χ2v) is 9.48. The second kappa shape index (κ2) is 9.55. The van der Waals surface area contributed by atoms with E-state index < -0.39 is 17.3 Å². The van der Waals surface area contributed by atoms with Gasteiger partial charge in [0.05, 0.1) is 12.1 Å². The fourth-order valence-corrected chi connectivity index (χ4v) is 5.31. The molecule has 1 amide bonds. The number of carbonyl (C=O) groups is 1. The summed E-state index contributed by atoms with van der Waals surface area (Å²) in [5, 5.41) is 3.77. The Labute approximate surface area is 186 Å². The second-order valence-electron chi connectivity index (χ2n) is 9.48. The molecule has 178 valence electrons. The molecule has 3 aliphatic rings. The molecule has 1 saturated heterocycles. The molecule has 32 heavy (non-hydrogen) atoms. The van der Waals surface area contributed by atoms with Gasteiger partial charge in [0.2, 0.25) is 5.91 Å². The molecule has 1 saturated carbocycles. The molecular weight excluding hydrogens is 423 g/mol. The monoisotopic (exact) mass is 455 g/mol. The van der Waals surface area contributed by atoms with Gasteiger partial charge >= 0.3 is 6.18 Å². The summed E-state index contributed by atoms with van der Waals surface area (Å²) in [6.07, 6.45) is 1.01. The van der Waals surface area contributed by atoms with Crippen LogP contribution in [0.5, 0.6) is 0 Å². The number of rotatable bonds is 3. The number of hydrogen-bond acceptors (Lipinski definition) is 4. The zero-order chi connectivity index (χ0) is 22.9. The molecule has 0 unspecified atom stereocenters. The molecule has 6 nitrogen and oxygen atoms in total. The number of pyridine rings is 1. The number of aromatic nitrogens is 1. The highest BCUT2D eigenvalue weighted by molar-refractivity contribution is 5.79. The summed E-state index contributed by atoms with van der Waals surface area (Å²) in [6.45, 7) is 4.46. The van der Waals surface area contributed by atoms with E-state index in [-0.39, 0.29) is 36.7 Å². The first-order chi connectivity index (χ1) is 15.2. The zero-order valence-electron chi connectivity index (χ0n) is 18.5. The van der Waals surface area contributed by atoms with Crippen LogP contribution in [0, 0.1) is 11.8 Å². The number of carbonyl (C=O) groups excluding carboxylic acids is 1. The van der Waals surface area contributed by atoms with Gasteiger partial charge in [0, 0.05) is 56.1 Å². The number of alkyl halides is 3. The van der Waals surface area contributed by atoms with Crippen LogP contribution in [0.4, 0.5) is 13.2 Å². The van der Waals surface area contributed by atoms with E-state index in [4.69, 9.17) is 4.74 Å². The smallest absolute Gasteiger partial charge is 0.381 e. The molecule has 0 radical (unpaired) electrons. The normalized spacial score (nSPS) is 29.3. The highest BCUT2D eigenvalue weighted by Gasteiger charge is 2.37. The predicted molar refractivity (Wildman–Crippen MR) is 113 cm³/mol. The molecule has 2 fully saturated rings. The Morgan fingerprint density at radius 1 is 1.12 bits per heavy atom. The Morgan fingerprint density at radius 3 is 2.72 bits per heavy atom. The minimum Gasteiger partial charge on any atom is -0.381 e. The fraction of sp³-hybridized carbons (Fsp3) is 0.739. The molecular formula is C23H32F3N3O3. The average Bonchev–Trinajstić information content (AvgIpc) is 3.20. The third kappa shape index (κ3) is 5.20. The first-order valence-corrected chi connectivity index (χ1v) is 11.7. The summed E-state index contributed by atoms with van der Waals surface area (Å²) < 4.78 is 46.2. The van der Waals surface area contributed by atoms with Crippen LogP contribution in [-0.4, -0.2) is 47.2 Å². The Kier molecular flexibility index (Phi) is 6.95. The van der Waals surface area contributed by atoms with Crippen LogP contribution in [0.25, 0.3) is 0 Å². The number of amides is 1. The summed E-state index contributed by atoms with van der Waals surface area (Å²) in [5.41, 5.74) is -1.36. The van der Waals surface area contributed by atoms with Crippen molar-refractivity contribution >= 4 is 5.91 Å². The molecule has 3 heterocycles. The predicted octanol–water partition coefficient (Wildman–Crippen LogP) is 3.17. The first-order valence-electron chi connectivity index (χ1n) is 11.7. The highest BCUT2D eigenvalue weighted by Crippen LogP contribution is 2.32. The van der Waals surface area contributed by atoms with Crippen LogP contribution < -0.4 is 10.9 Å². The molecule has 4 rings (SSSR count). The number of ether oxygens (including phenoxy) is 1. The SMILES string of the molecule is C[C@@H]1CCOCCC[C@@H]1N[C@@H]1CC[C@H](C(=O)N2CCn3c(cc(C(F)(F)F)cc3=O)C2)C1. The largest absolute Gasteiger partial charge is 0.416 e. The third-order valence-electron chi connectivity index (χ3n) is 7.24. The van der Waals surface area contributed by atoms with Gasteiger partial charge in [-0.05, 0) is 50.5 Å². The lowest BCUT2D eigenvalue weighted by Gasteiger charge is -2.32. The Bertz CT molecular complexity index is 885. The van der Waals surface area contributed by atoms with Crippen LogP contribution in [0.3, 0.4) is 0 Å². The fourth-order valence-electron chi connectivity index (χ4n) is 5.31. The van der Waals surface area contributed by atoms with Gasteiger partial charge in [0.25, 0.3) is 5.56 Å². The molecule has 0 spiro atoms. The Balaban J connectivity index is 1.37. The third-order valence-corrected chi connectivity index (χ3v) is 7.24. The molecule has 2 aliphatic heterocycles. The number of fused-ring (bicyclic) bond motifs is 1. The van der Waals surface area contributed by atoms with E-state index in [1.807, 2.05) is 0 Å². The maximum Gasteiger partial charge on any atom is 0.416 e. The van der Waals surface area contributed by atoms with Gasteiger partial charge in [0.1, 0.15) is 0 Å². The molecule has 1 N–H and O–H groups in total. The van der Waals surface area contributed by atoms with E-state index in [9.17, 15) is 22.8 Å². The van der Waals surface area contributed by atoms with Crippen molar-refractivity contribution in [1.82, 2.24) is 14.8 Å². The topological polar surface area (TPSA) is 63.6 Å².